The fraction of sp³-hybridized carbons (Fsp3) is 0.190. The van der Waals surface area contributed by atoms with Gasteiger partial charge < -0.3 is 14.6 Å². The third-order valence-corrected chi connectivity index (χ3v) is 6.93. The summed E-state index contributed by atoms with van der Waals surface area (Å²) in [5.74, 6) is 0. The zero-order chi connectivity index (χ0) is 19.1. The maximum Gasteiger partial charge on any atom is 0.298 e. The third kappa shape index (κ3) is 2.75. The molecule has 1 N–H and O–H groups in total. The Morgan fingerprint density at radius 3 is 2.46 bits per heavy atom. The van der Waals surface area contributed by atoms with Crippen LogP contribution >= 0.6 is 0 Å². The Hall–Kier alpha value is -2.90. The first-order valence-corrected chi connectivity index (χ1v) is 10.7. The molecular formula is C21H19N3O3S. The van der Waals surface area contributed by atoms with E-state index in [9.17, 15) is 8.42 Å². The van der Waals surface area contributed by atoms with Gasteiger partial charge in [-0.15, -0.1) is 0 Å². The Morgan fingerprint density at radius 1 is 0.893 bits per heavy atom. The number of sulfone groups is 1. The minimum absolute atomic E-state index is 0.173. The second-order valence-corrected chi connectivity index (χ2v) is 8.70. The summed E-state index contributed by atoms with van der Waals surface area (Å²) in [6.45, 7) is 3.25. The van der Waals surface area contributed by atoms with E-state index in [-0.39, 0.29) is 9.79 Å². The maximum absolute atomic E-state index is 13.5. The van der Waals surface area contributed by atoms with Crippen molar-refractivity contribution in [1.29, 1.82) is 0 Å². The second-order valence-electron chi connectivity index (χ2n) is 6.82. The Balaban J connectivity index is 1.68. The predicted molar refractivity (Wildman–Crippen MR) is 108 cm³/mol. The Kier molecular flexibility index (Phi) is 4.07. The number of piperazine rings is 1. The van der Waals surface area contributed by atoms with Gasteiger partial charge in [0.05, 0.1) is 4.90 Å². The number of nitrogens with one attached hydrogen (secondary N) is 1. The van der Waals surface area contributed by atoms with E-state index in [1.807, 2.05) is 35.2 Å². The summed E-state index contributed by atoms with van der Waals surface area (Å²) >= 11 is 0. The molecule has 1 saturated heterocycles. The Bertz CT molecular complexity index is 1270. The van der Waals surface area contributed by atoms with Gasteiger partial charge in [-0.1, -0.05) is 42.5 Å². The van der Waals surface area contributed by atoms with Crippen molar-refractivity contribution >= 4 is 37.7 Å². The van der Waals surface area contributed by atoms with Gasteiger partial charge in [0.1, 0.15) is 10.4 Å². The molecule has 4 aromatic rings. The molecule has 0 spiro atoms. The van der Waals surface area contributed by atoms with Crippen LogP contribution in [0.5, 0.6) is 0 Å². The lowest BCUT2D eigenvalue weighted by atomic mass is 10.1. The number of hydrogen-bond acceptors (Lipinski definition) is 6. The van der Waals surface area contributed by atoms with E-state index < -0.39 is 9.84 Å². The fourth-order valence-corrected chi connectivity index (χ4v) is 5.30. The van der Waals surface area contributed by atoms with Crippen LogP contribution in [-0.4, -0.2) is 39.6 Å². The van der Waals surface area contributed by atoms with Crippen molar-refractivity contribution in [1.82, 2.24) is 10.3 Å². The number of oxazole rings is 1. The summed E-state index contributed by atoms with van der Waals surface area (Å²) in [5, 5.41) is 4.87. The molecule has 1 fully saturated rings. The molecule has 5 rings (SSSR count). The van der Waals surface area contributed by atoms with Crippen LogP contribution in [-0.2, 0) is 9.84 Å². The number of para-hydroxylation sites is 1. The summed E-state index contributed by atoms with van der Waals surface area (Å²) in [4.78, 5) is 7.05. The molecule has 0 radical (unpaired) electrons. The first-order chi connectivity index (χ1) is 13.6. The lowest BCUT2D eigenvalue weighted by Gasteiger charge is -2.25. The van der Waals surface area contributed by atoms with Gasteiger partial charge in [-0.05, 0) is 23.6 Å². The number of nitrogens with zero attached hydrogens (tertiary/aromatic N) is 2. The van der Waals surface area contributed by atoms with Crippen molar-refractivity contribution in [2.24, 2.45) is 0 Å². The van der Waals surface area contributed by atoms with E-state index in [4.69, 9.17) is 4.42 Å². The molecule has 1 aliphatic rings. The van der Waals surface area contributed by atoms with Crippen molar-refractivity contribution in [2.75, 3.05) is 31.1 Å². The quantitative estimate of drug-likeness (QED) is 0.576. The van der Waals surface area contributed by atoms with Gasteiger partial charge in [-0.3, -0.25) is 0 Å². The molecule has 2 heterocycles. The predicted octanol–water partition coefficient (Wildman–Crippen LogP) is 3.22. The average molecular weight is 393 g/mol. The fourth-order valence-electron chi connectivity index (χ4n) is 3.67. The molecule has 7 heteroatoms. The van der Waals surface area contributed by atoms with Crippen molar-refractivity contribution in [3.63, 3.8) is 0 Å². The Morgan fingerprint density at radius 2 is 1.61 bits per heavy atom. The molecule has 0 saturated carbocycles. The van der Waals surface area contributed by atoms with Crippen molar-refractivity contribution in [3.8, 4) is 0 Å². The number of hydrogen-bond donors (Lipinski definition) is 1. The zero-order valence-electron chi connectivity index (χ0n) is 15.1. The van der Waals surface area contributed by atoms with Crippen LogP contribution in [0.2, 0.25) is 0 Å². The number of anilines is 1. The monoisotopic (exact) mass is 393 g/mol. The molecule has 28 heavy (non-hydrogen) atoms. The molecule has 6 nitrogen and oxygen atoms in total. The molecule has 1 aromatic heterocycles. The summed E-state index contributed by atoms with van der Waals surface area (Å²) in [5.41, 5.74) is 0.860. The standard InChI is InChI=1S/C21H19N3O3S/c25-28(26,18-9-3-6-15-5-1-2-7-16(15)18)19-10-4-8-17-20(19)23-21(27-17)24-13-11-22-12-14-24/h1-10,22H,11-14H2. The number of aromatic nitrogens is 1. The molecule has 3 aromatic carbocycles. The number of benzene rings is 3. The number of fused-ring (bicyclic) bond motifs is 2. The molecule has 142 valence electrons. The first kappa shape index (κ1) is 17.2. The topological polar surface area (TPSA) is 75.4 Å². The minimum atomic E-state index is -3.76. The summed E-state index contributed by atoms with van der Waals surface area (Å²) in [6.07, 6.45) is 0. The van der Waals surface area contributed by atoms with Gasteiger partial charge in [0.15, 0.2) is 5.58 Å². The van der Waals surface area contributed by atoms with Gasteiger partial charge >= 0.3 is 0 Å². The van der Waals surface area contributed by atoms with E-state index >= 15 is 0 Å². The SMILES string of the molecule is O=S(=O)(c1cccc2ccccc12)c1cccc2oc(N3CCNCC3)nc12. The van der Waals surface area contributed by atoms with Crippen LogP contribution in [0, 0.1) is 0 Å². The van der Waals surface area contributed by atoms with Crippen LogP contribution in [0.15, 0.2) is 74.9 Å². The molecular weight excluding hydrogens is 374 g/mol. The van der Waals surface area contributed by atoms with Crippen molar-refractivity contribution in [3.05, 3.63) is 60.7 Å². The van der Waals surface area contributed by atoms with Crippen molar-refractivity contribution in [2.45, 2.75) is 9.79 Å². The third-order valence-electron chi connectivity index (χ3n) is 5.09. The van der Waals surface area contributed by atoms with Crippen LogP contribution in [0.3, 0.4) is 0 Å². The molecule has 0 amide bonds. The van der Waals surface area contributed by atoms with Gasteiger partial charge in [-0.2, -0.15) is 4.98 Å². The van der Waals surface area contributed by atoms with Crippen LogP contribution in [0.1, 0.15) is 0 Å². The average Bonchev–Trinajstić information content (AvgIpc) is 3.18. The van der Waals surface area contributed by atoms with Crippen LogP contribution < -0.4 is 10.2 Å². The molecule has 0 atom stereocenters. The smallest absolute Gasteiger partial charge is 0.298 e. The van der Waals surface area contributed by atoms with Gasteiger partial charge in [-0.25, -0.2) is 8.42 Å². The summed E-state index contributed by atoms with van der Waals surface area (Å²) in [7, 11) is -3.76. The van der Waals surface area contributed by atoms with Gasteiger partial charge in [0, 0.05) is 31.6 Å². The van der Waals surface area contributed by atoms with E-state index in [0.29, 0.717) is 22.5 Å². The lowest BCUT2D eigenvalue weighted by Crippen LogP contribution is -2.43. The van der Waals surface area contributed by atoms with E-state index in [0.717, 1.165) is 31.6 Å². The molecule has 0 aliphatic carbocycles. The van der Waals surface area contributed by atoms with Gasteiger partial charge in [0.25, 0.3) is 6.01 Å². The normalized spacial score (nSPS) is 15.4. The molecule has 0 bridgehead atoms. The number of rotatable bonds is 3. The molecule has 0 unspecified atom stereocenters. The largest absolute Gasteiger partial charge is 0.423 e. The van der Waals surface area contributed by atoms with E-state index in [1.165, 1.54) is 0 Å². The van der Waals surface area contributed by atoms with Crippen LogP contribution in [0.4, 0.5) is 6.01 Å². The highest BCUT2D eigenvalue weighted by Gasteiger charge is 2.26. The van der Waals surface area contributed by atoms with E-state index in [1.54, 1.807) is 30.3 Å². The minimum Gasteiger partial charge on any atom is -0.423 e. The van der Waals surface area contributed by atoms with Crippen LogP contribution in [0.25, 0.3) is 21.9 Å². The highest BCUT2D eigenvalue weighted by Crippen LogP contribution is 2.33. The Labute approximate surface area is 162 Å². The maximum atomic E-state index is 13.5. The summed E-state index contributed by atoms with van der Waals surface area (Å²) < 4.78 is 33.0. The highest BCUT2D eigenvalue weighted by molar-refractivity contribution is 7.92. The highest BCUT2D eigenvalue weighted by atomic mass is 32.2. The van der Waals surface area contributed by atoms with Crippen molar-refractivity contribution < 1.29 is 12.8 Å². The summed E-state index contributed by atoms with van der Waals surface area (Å²) in [6, 6.07) is 18.3. The second kappa shape index (κ2) is 6.61. The molecule has 1 aliphatic heterocycles. The van der Waals surface area contributed by atoms with Gasteiger partial charge in [0.2, 0.25) is 9.84 Å². The zero-order valence-corrected chi connectivity index (χ0v) is 15.9. The first-order valence-electron chi connectivity index (χ1n) is 9.23. The van der Waals surface area contributed by atoms with E-state index in [2.05, 4.69) is 10.3 Å². The lowest BCUT2D eigenvalue weighted by molar-refractivity contribution is 0.517.